The molecule has 0 bridgehead atoms. The van der Waals surface area contributed by atoms with Crippen LogP contribution in [-0.2, 0) is 0 Å². The molecule has 0 spiro atoms. The highest BCUT2D eigenvalue weighted by Crippen LogP contribution is 2.23. The van der Waals surface area contributed by atoms with E-state index in [0.717, 1.165) is 23.4 Å². The zero-order valence-corrected chi connectivity index (χ0v) is 12.1. The normalized spacial score (nSPS) is 19.6. The van der Waals surface area contributed by atoms with Crippen LogP contribution < -0.4 is 10.6 Å². The van der Waals surface area contributed by atoms with Gasteiger partial charge in [0.2, 0.25) is 0 Å². The third-order valence-electron chi connectivity index (χ3n) is 4.01. The van der Waals surface area contributed by atoms with Gasteiger partial charge in [-0.25, -0.2) is 0 Å². The Balaban J connectivity index is 2.18. The number of benzene rings is 1. The van der Waals surface area contributed by atoms with Crippen LogP contribution in [0.5, 0.6) is 0 Å². The quantitative estimate of drug-likeness (QED) is 0.641. The summed E-state index contributed by atoms with van der Waals surface area (Å²) in [5, 5.41) is 7.73. The smallest absolute Gasteiger partial charge is 0.124 e. The molecule has 1 fully saturated rings. The van der Waals surface area contributed by atoms with Crippen molar-refractivity contribution in [3.05, 3.63) is 29.3 Å². The van der Waals surface area contributed by atoms with Gasteiger partial charge in [0, 0.05) is 30.9 Å². The minimum absolute atomic E-state index is 0.144. The number of anilines is 1. The average Bonchev–Trinajstić information content (AvgIpc) is 2.74. The Labute approximate surface area is 115 Å². The summed E-state index contributed by atoms with van der Waals surface area (Å²) in [5.41, 5.74) is 8.73. The van der Waals surface area contributed by atoms with Crippen LogP contribution in [0.15, 0.2) is 18.2 Å². The fraction of sp³-hybridized carbons (Fsp3) is 0.533. The molecule has 1 aliphatic heterocycles. The molecule has 1 aromatic carbocycles. The lowest BCUT2D eigenvalue weighted by Gasteiger charge is -2.28. The van der Waals surface area contributed by atoms with Crippen molar-refractivity contribution < 1.29 is 0 Å². The Morgan fingerprint density at radius 1 is 1.53 bits per heavy atom. The Morgan fingerprint density at radius 2 is 2.26 bits per heavy atom. The summed E-state index contributed by atoms with van der Waals surface area (Å²) in [6, 6.07) is 6.75. The first-order valence-corrected chi connectivity index (χ1v) is 6.85. The van der Waals surface area contributed by atoms with Crippen LogP contribution >= 0.6 is 0 Å². The predicted octanol–water partition coefficient (Wildman–Crippen LogP) is 1.81. The number of nitrogens with zero attached hydrogens (tertiary/aromatic N) is 2. The van der Waals surface area contributed by atoms with Crippen molar-refractivity contribution in [1.82, 2.24) is 4.90 Å². The lowest BCUT2D eigenvalue weighted by atomic mass is 10.1. The summed E-state index contributed by atoms with van der Waals surface area (Å²) >= 11 is 0. The van der Waals surface area contributed by atoms with E-state index in [1.807, 2.05) is 13.0 Å². The van der Waals surface area contributed by atoms with Gasteiger partial charge < -0.3 is 15.5 Å². The number of hydrogen-bond acceptors (Lipinski definition) is 3. The van der Waals surface area contributed by atoms with E-state index in [1.165, 1.54) is 19.4 Å². The summed E-state index contributed by atoms with van der Waals surface area (Å²) in [7, 11) is 4.27. The summed E-state index contributed by atoms with van der Waals surface area (Å²) in [4.78, 5) is 4.64. The first-order chi connectivity index (χ1) is 8.99. The molecule has 1 heterocycles. The van der Waals surface area contributed by atoms with Crippen molar-refractivity contribution in [2.75, 3.05) is 32.1 Å². The maximum absolute atomic E-state index is 7.73. The van der Waals surface area contributed by atoms with Gasteiger partial charge >= 0.3 is 0 Å². The molecule has 104 valence electrons. The average molecular weight is 260 g/mol. The Morgan fingerprint density at radius 3 is 2.84 bits per heavy atom. The Bertz CT molecular complexity index is 469. The van der Waals surface area contributed by atoms with Gasteiger partial charge in [-0.2, -0.15) is 0 Å². The van der Waals surface area contributed by atoms with Gasteiger partial charge in [-0.1, -0.05) is 11.6 Å². The zero-order valence-electron chi connectivity index (χ0n) is 12.1. The van der Waals surface area contributed by atoms with Crippen LogP contribution in [0.25, 0.3) is 0 Å². The first kappa shape index (κ1) is 13.9. The summed E-state index contributed by atoms with van der Waals surface area (Å²) in [6.45, 7) is 4.20. The number of nitrogens with two attached hydrogens (primary N) is 1. The highest BCUT2D eigenvalue weighted by Gasteiger charge is 2.23. The van der Waals surface area contributed by atoms with Gasteiger partial charge in [0.05, 0.1) is 0 Å². The highest BCUT2D eigenvalue weighted by atomic mass is 15.2. The Kier molecular flexibility index (Phi) is 4.10. The molecule has 1 aromatic rings. The van der Waals surface area contributed by atoms with Gasteiger partial charge in [-0.3, -0.25) is 5.41 Å². The SMILES string of the molecule is Cc1ccc(N(C)CC2CCCN2C)c(C(=N)N)c1. The van der Waals surface area contributed by atoms with Crippen LogP contribution in [-0.4, -0.2) is 44.0 Å². The van der Waals surface area contributed by atoms with Crippen LogP contribution in [0.2, 0.25) is 0 Å². The molecule has 1 saturated heterocycles. The molecule has 4 nitrogen and oxygen atoms in total. The second-order valence-corrected chi connectivity index (χ2v) is 5.59. The number of likely N-dealkylation sites (N-methyl/N-ethyl adjacent to an activating group) is 2. The van der Waals surface area contributed by atoms with Crippen molar-refractivity contribution in [1.29, 1.82) is 5.41 Å². The number of aryl methyl sites for hydroxylation is 1. The van der Waals surface area contributed by atoms with Gasteiger partial charge in [0.25, 0.3) is 0 Å². The van der Waals surface area contributed by atoms with Gasteiger partial charge in [-0.15, -0.1) is 0 Å². The predicted molar refractivity (Wildman–Crippen MR) is 81.1 cm³/mol. The van der Waals surface area contributed by atoms with E-state index < -0.39 is 0 Å². The fourth-order valence-corrected chi connectivity index (χ4v) is 2.82. The molecule has 1 aliphatic rings. The van der Waals surface area contributed by atoms with E-state index in [2.05, 4.69) is 36.0 Å². The number of nitrogens with one attached hydrogen (secondary N) is 1. The highest BCUT2D eigenvalue weighted by molar-refractivity contribution is 6.00. The minimum atomic E-state index is 0.144. The zero-order chi connectivity index (χ0) is 14.0. The van der Waals surface area contributed by atoms with E-state index in [1.54, 1.807) is 0 Å². The monoisotopic (exact) mass is 260 g/mol. The molecule has 0 aromatic heterocycles. The minimum Gasteiger partial charge on any atom is -0.384 e. The van der Waals surface area contributed by atoms with E-state index in [-0.39, 0.29) is 5.84 Å². The molecule has 0 saturated carbocycles. The molecule has 0 aliphatic carbocycles. The topological polar surface area (TPSA) is 56.4 Å². The number of rotatable bonds is 4. The van der Waals surface area contributed by atoms with E-state index in [0.29, 0.717) is 6.04 Å². The summed E-state index contributed by atoms with van der Waals surface area (Å²) < 4.78 is 0. The standard InChI is InChI=1S/C15H24N4/c1-11-6-7-14(13(9-11)15(16)17)19(3)10-12-5-4-8-18(12)2/h6-7,9,12H,4-5,8,10H2,1-3H3,(H3,16,17). The molecule has 0 amide bonds. The van der Waals surface area contributed by atoms with Crippen LogP contribution in [0.1, 0.15) is 24.0 Å². The molecular formula is C15H24N4. The van der Waals surface area contributed by atoms with E-state index >= 15 is 0 Å². The molecule has 19 heavy (non-hydrogen) atoms. The third kappa shape index (κ3) is 3.07. The lowest BCUT2D eigenvalue weighted by Crippen LogP contribution is -2.37. The van der Waals surface area contributed by atoms with Gasteiger partial charge in [0.15, 0.2) is 0 Å². The van der Waals surface area contributed by atoms with Crippen LogP contribution in [0.3, 0.4) is 0 Å². The largest absolute Gasteiger partial charge is 0.384 e. The number of hydrogen-bond donors (Lipinski definition) is 2. The number of nitrogen functional groups attached to an aromatic ring is 1. The summed E-state index contributed by atoms with van der Waals surface area (Å²) in [5.74, 6) is 0.144. The van der Waals surface area contributed by atoms with Crippen molar-refractivity contribution in [2.24, 2.45) is 5.73 Å². The number of amidine groups is 1. The molecular weight excluding hydrogens is 236 g/mol. The molecule has 2 rings (SSSR count). The first-order valence-electron chi connectivity index (χ1n) is 6.85. The van der Waals surface area contributed by atoms with Gasteiger partial charge in [-0.05, 0) is 45.5 Å². The second kappa shape index (κ2) is 5.61. The lowest BCUT2D eigenvalue weighted by molar-refractivity contribution is 0.314. The van der Waals surface area contributed by atoms with Gasteiger partial charge in [0.1, 0.15) is 5.84 Å². The Hall–Kier alpha value is -1.55. The fourth-order valence-electron chi connectivity index (χ4n) is 2.82. The molecule has 4 heteroatoms. The van der Waals surface area contributed by atoms with Crippen molar-refractivity contribution in [2.45, 2.75) is 25.8 Å². The van der Waals surface area contributed by atoms with E-state index in [4.69, 9.17) is 11.1 Å². The number of likely N-dealkylation sites (tertiary alicyclic amines) is 1. The second-order valence-electron chi connectivity index (χ2n) is 5.59. The maximum Gasteiger partial charge on any atom is 0.124 e. The van der Waals surface area contributed by atoms with Crippen molar-refractivity contribution in [3.8, 4) is 0 Å². The molecule has 1 unspecified atom stereocenters. The summed E-state index contributed by atoms with van der Waals surface area (Å²) in [6.07, 6.45) is 2.53. The van der Waals surface area contributed by atoms with E-state index in [9.17, 15) is 0 Å². The maximum atomic E-state index is 7.73. The van der Waals surface area contributed by atoms with Crippen molar-refractivity contribution in [3.63, 3.8) is 0 Å². The van der Waals surface area contributed by atoms with Crippen molar-refractivity contribution >= 4 is 11.5 Å². The van der Waals surface area contributed by atoms with Crippen LogP contribution in [0, 0.1) is 12.3 Å². The molecule has 1 atom stereocenters. The van der Waals surface area contributed by atoms with Crippen LogP contribution in [0.4, 0.5) is 5.69 Å². The molecule has 3 N–H and O–H groups in total. The third-order valence-corrected chi connectivity index (χ3v) is 4.01. The molecule has 0 radical (unpaired) electrons.